The lowest BCUT2D eigenvalue weighted by molar-refractivity contribution is 0.593. The standard InChI is InChI=1S/C13H13ClFNS/c1-8-6-17-7-10(8)13(16)5-9-11(14)3-2-4-12(9)15/h2-4,6-7,13H,5,16H2,1H3. The summed E-state index contributed by atoms with van der Waals surface area (Å²) in [5.74, 6) is -0.291. The van der Waals surface area contributed by atoms with E-state index >= 15 is 0 Å². The van der Waals surface area contributed by atoms with Gasteiger partial charge in [0.25, 0.3) is 0 Å². The molecule has 4 heteroatoms. The van der Waals surface area contributed by atoms with Crippen molar-refractivity contribution in [3.05, 3.63) is 56.5 Å². The molecule has 0 aliphatic heterocycles. The van der Waals surface area contributed by atoms with Crippen molar-refractivity contribution in [1.29, 1.82) is 0 Å². The van der Waals surface area contributed by atoms with Gasteiger partial charge in [-0.1, -0.05) is 17.7 Å². The summed E-state index contributed by atoms with van der Waals surface area (Å²) in [4.78, 5) is 0. The number of rotatable bonds is 3. The molecule has 17 heavy (non-hydrogen) atoms. The molecule has 0 saturated carbocycles. The molecule has 0 saturated heterocycles. The molecule has 2 rings (SSSR count). The quantitative estimate of drug-likeness (QED) is 0.892. The third kappa shape index (κ3) is 2.68. The zero-order valence-electron chi connectivity index (χ0n) is 9.41. The second-order valence-electron chi connectivity index (χ2n) is 4.02. The molecule has 1 atom stereocenters. The summed E-state index contributed by atoms with van der Waals surface area (Å²) in [5, 5.41) is 4.49. The molecular weight excluding hydrogens is 257 g/mol. The molecule has 0 bridgehead atoms. The van der Waals surface area contributed by atoms with E-state index in [9.17, 15) is 4.39 Å². The third-order valence-electron chi connectivity index (χ3n) is 2.78. The second kappa shape index (κ2) is 5.17. The van der Waals surface area contributed by atoms with Crippen LogP contribution in [0.2, 0.25) is 5.02 Å². The van der Waals surface area contributed by atoms with Gasteiger partial charge >= 0.3 is 0 Å². The third-order valence-corrected chi connectivity index (χ3v) is 4.01. The zero-order chi connectivity index (χ0) is 12.4. The van der Waals surface area contributed by atoms with E-state index in [0.29, 0.717) is 17.0 Å². The highest BCUT2D eigenvalue weighted by Gasteiger charge is 2.15. The van der Waals surface area contributed by atoms with Gasteiger partial charge in [-0.25, -0.2) is 4.39 Å². The molecule has 0 fully saturated rings. The van der Waals surface area contributed by atoms with E-state index in [1.807, 2.05) is 17.7 Å². The van der Waals surface area contributed by atoms with Crippen LogP contribution in [0, 0.1) is 12.7 Å². The van der Waals surface area contributed by atoms with Gasteiger partial charge in [0.1, 0.15) is 5.82 Å². The molecule has 0 amide bonds. The van der Waals surface area contributed by atoms with E-state index in [0.717, 1.165) is 11.1 Å². The fraction of sp³-hybridized carbons (Fsp3) is 0.231. The Morgan fingerprint density at radius 1 is 1.41 bits per heavy atom. The van der Waals surface area contributed by atoms with Crippen molar-refractivity contribution in [2.75, 3.05) is 0 Å². The Morgan fingerprint density at radius 2 is 2.18 bits per heavy atom. The van der Waals surface area contributed by atoms with Gasteiger partial charge in [0, 0.05) is 16.6 Å². The van der Waals surface area contributed by atoms with Gasteiger partial charge in [-0.2, -0.15) is 11.3 Å². The predicted octanol–water partition coefficient (Wildman–Crippen LogP) is 4.09. The number of halogens is 2. The molecule has 2 aromatic rings. The minimum Gasteiger partial charge on any atom is -0.324 e. The highest BCUT2D eigenvalue weighted by atomic mass is 35.5. The normalized spacial score (nSPS) is 12.7. The maximum atomic E-state index is 13.6. The Kier molecular flexibility index (Phi) is 3.82. The minimum absolute atomic E-state index is 0.212. The number of aryl methyl sites for hydroxylation is 1. The molecule has 1 aromatic heterocycles. The van der Waals surface area contributed by atoms with Gasteiger partial charge in [0.15, 0.2) is 0 Å². The Hall–Kier alpha value is -0.900. The van der Waals surface area contributed by atoms with Gasteiger partial charge in [-0.3, -0.25) is 0 Å². The Morgan fingerprint density at radius 3 is 2.76 bits per heavy atom. The number of hydrogen-bond donors (Lipinski definition) is 1. The van der Waals surface area contributed by atoms with Crippen LogP contribution in [0.5, 0.6) is 0 Å². The van der Waals surface area contributed by atoms with E-state index in [-0.39, 0.29) is 11.9 Å². The fourth-order valence-electron chi connectivity index (χ4n) is 1.81. The monoisotopic (exact) mass is 269 g/mol. The van der Waals surface area contributed by atoms with Crippen molar-refractivity contribution in [2.24, 2.45) is 5.73 Å². The van der Waals surface area contributed by atoms with E-state index in [1.165, 1.54) is 6.07 Å². The maximum Gasteiger partial charge on any atom is 0.127 e. The van der Waals surface area contributed by atoms with Gasteiger partial charge < -0.3 is 5.73 Å². The summed E-state index contributed by atoms with van der Waals surface area (Å²) in [6.07, 6.45) is 0.420. The van der Waals surface area contributed by atoms with Gasteiger partial charge in [0.2, 0.25) is 0 Å². The molecule has 90 valence electrons. The largest absolute Gasteiger partial charge is 0.324 e. The van der Waals surface area contributed by atoms with E-state index in [1.54, 1.807) is 23.5 Å². The Balaban J connectivity index is 2.25. The summed E-state index contributed by atoms with van der Waals surface area (Å²) < 4.78 is 13.6. The first-order valence-electron chi connectivity index (χ1n) is 5.30. The summed E-state index contributed by atoms with van der Waals surface area (Å²) >= 11 is 7.59. The van der Waals surface area contributed by atoms with Crippen LogP contribution in [0.25, 0.3) is 0 Å². The zero-order valence-corrected chi connectivity index (χ0v) is 11.0. The molecule has 1 nitrogen and oxygen atoms in total. The number of nitrogens with two attached hydrogens (primary N) is 1. The van der Waals surface area contributed by atoms with Crippen molar-refractivity contribution in [2.45, 2.75) is 19.4 Å². The molecule has 1 heterocycles. The molecule has 1 aromatic carbocycles. The van der Waals surface area contributed by atoms with Crippen LogP contribution < -0.4 is 5.73 Å². The van der Waals surface area contributed by atoms with E-state index in [2.05, 4.69) is 0 Å². The van der Waals surface area contributed by atoms with Crippen molar-refractivity contribution < 1.29 is 4.39 Å². The molecule has 0 aliphatic carbocycles. The van der Waals surface area contributed by atoms with Crippen molar-refractivity contribution in [1.82, 2.24) is 0 Å². The second-order valence-corrected chi connectivity index (χ2v) is 5.17. The molecule has 1 unspecified atom stereocenters. The number of benzene rings is 1. The summed E-state index contributed by atoms with van der Waals surface area (Å²) in [6.45, 7) is 2.01. The lowest BCUT2D eigenvalue weighted by Crippen LogP contribution is -2.14. The van der Waals surface area contributed by atoms with Crippen molar-refractivity contribution in [3.63, 3.8) is 0 Å². The van der Waals surface area contributed by atoms with Crippen LogP contribution in [0.4, 0.5) is 4.39 Å². The fourth-order valence-corrected chi connectivity index (χ4v) is 2.96. The molecule has 0 radical (unpaired) electrons. The van der Waals surface area contributed by atoms with Gasteiger partial charge in [-0.05, 0) is 47.4 Å². The van der Waals surface area contributed by atoms with Crippen LogP contribution in [-0.4, -0.2) is 0 Å². The summed E-state index contributed by atoms with van der Waals surface area (Å²) in [6, 6.07) is 4.49. The molecule has 2 N–H and O–H groups in total. The molecule has 0 aliphatic rings. The average molecular weight is 270 g/mol. The smallest absolute Gasteiger partial charge is 0.127 e. The van der Waals surface area contributed by atoms with Crippen LogP contribution >= 0.6 is 22.9 Å². The average Bonchev–Trinajstić information content (AvgIpc) is 2.70. The first kappa shape index (κ1) is 12.6. The summed E-state index contributed by atoms with van der Waals surface area (Å²) in [7, 11) is 0. The van der Waals surface area contributed by atoms with Crippen molar-refractivity contribution >= 4 is 22.9 Å². The first-order valence-corrected chi connectivity index (χ1v) is 6.63. The van der Waals surface area contributed by atoms with E-state index < -0.39 is 0 Å². The SMILES string of the molecule is Cc1cscc1C(N)Cc1c(F)cccc1Cl. The topological polar surface area (TPSA) is 26.0 Å². The van der Waals surface area contributed by atoms with Crippen LogP contribution in [0.3, 0.4) is 0 Å². The van der Waals surface area contributed by atoms with Gasteiger partial charge in [0.05, 0.1) is 0 Å². The van der Waals surface area contributed by atoms with Crippen LogP contribution in [0.1, 0.15) is 22.7 Å². The van der Waals surface area contributed by atoms with Crippen LogP contribution in [0.15, 0.2) is 29.0 Å². The molecular formula is C13H13ClFNS. The Bertz CT molecular complexity index is 504. The number of thiophene rings is 1. The molecule has 0 spiro atoms. The minimum atomic E-state index is -0.291. The highest BCUT2D eigenvalue weighted by molar-refractivity contribution is 7.08. The first-order chi connectivity index (χ1) is 8.09. The highest BCUT2D eigenvalue weighted by Crippen LogP contribution is 2.27. The number of hydrogen-bond acceptors (Lipinski definition) is 2. The van der Waals surface area contributed by atoms with Crippen LogP contribution in [-0.2, 0) is 6.42 Å². The maximum absolute atomic E-state index is 13.6. The summed E-state index contributed by atoms with van der Waals surface area (Å²) in [5.41, 5.74) is 8.80. The van der Waals surface area contributed by atoms with Gasteiger partial charge in [-0.15, -0.1) is 0 Å². The predicted molar refractivity (Wildman–Crippen MR) is 71.1 cm³/mol. The lowest BCUT2D eigenvalue weighted by atomic mass is 9.99. The Labute approximate surface area is 109 Å². The van der Waals surface area contributed by atoms with E-state index in [4.69, 9.17) is 17.3 Å². The van der Waals surface area contributed by atoms with Crippen molar-refractivity contribution in [3.8, 4) is 0 Å². The lowest BCUT2D eigenvalue weighted by Gasteiger charge is -2.13.